The van der Waals surface area contributed by atoms with Crippen molar-refractivity contribution in [2.75, 3.05) is 6.61 Å². The Hall–Kier alpha value is -2.18. The van der Waals surface area contributed by atoms with Crippen molar-refractivity contribution in [2.24, 2.45) is 0 Å². The van der Waals surface area contributed by atoms with Crippen molar-refractivity contribution < 1.29 is 17.9 Å². The average Bonchev–Trinajstić information content (AvgIpc) is 2.58. The summed E-state index contributed by atoms with van der Waals surface area (Å²) in [6, 6.07) is 8.60. The number of hydrogen-bond acceptors (Lipinski definition) is 4. The van der Waals surface area contributed by atoms with E-state index in [9.17, 15) is 13.2 Å². The zero-order chi connectivity index (χ0) is 18.6. The molecule has 0 aliphatic rings. The minimum Gasteiger partial charge on any atom is -0.494 e. The number of rotatable bonds is 7. The fourth-order valence-corrected chi connectivity index (χ4v) is 4.31. The molecule has 0 aliphatic carbocycles. The van der Waals surface area contributed by atoms with Gasteiger partial charge in [0.2, 0.25) is 10.0 Å². The second-order valence-corrected chi connectivity index (χ2v) is 7.59. The fraction of sp³-hybridized carbons (Fsp3) is 0.316. The molecule has 2 aromatic rings. The molecule has 0 heterocycles. The van der Waals surface area contributed by atoms with E-state index in [1.54, 1.807) is 44.2 Å². The predicted octanol–water partition coefficient (Wildman–Crippen LogP) is 3.30. The lowest BCUT2D eigenvalue weighted by Crippen LogP contribution is -2.25. The highest BCUT2D eigenvalue weighted by Crippen LogP contribution is 2.30. The number of aryl methyl sites for hydroxylation is 1. The maximum Gasteiger partial charge on any atom is 0.241 e. The topological polar surface area (TPSA) is 72.5 Å². The molecule has 0 saturated heterocycles. The summed E-state index contributed by atoms with van der Waals surface area (Å²) < 4.78 is 33.8. The molecule has 2 aromatic carbocycles. The van der Waals surface area contributed by atoms with Gasteiger partial charge in [-0.05, 0) is 62.1 Å². The number of sulfonamides is 1. The average molecular weight is 361 g/mol. The molecule has 2 rings (SSSR count). The van der Waals surface area contributed by atoms with Crippen molar-refractivity contribution in [1.82, 2.24) is 4.72 Å². The standard InChI is InChI=1S/C19H23NO4S/c1-5-24-18-9-13(2)19(15(4)14(18)3)25(22,23)20-11-16-7-6-8-17(10-16)12-21/h6-10,12,20H,5,11H2,1-4H3. The summed E-state index contributed by atoms with van der Waals surface area (Å²) in [6.07, 6.45) is 0.738. The first-order valence-corrected chi connectivity index (χ1v) is 9.55. The Morgan fingerprint density at radius 3 is 2.48 bits per heavy atom. The maximum atomic E-state index is 12.8. The first-order chi connectivity index (χ1) is 11.8. The second-order valence-electron chi connectivity index (χ2n) is 5.89. The van der Waals surface area contributed by atoms with Gasteiger partial charge in [0.15, 0.2) is 0 Å². The summed E-state index contributed by atoms with van der Waals surface area (Å²) in [7, 11) is -3.69. The lowest BCUT2D eigenvalue weighted by atomic mass is 10.1. The fourth-order valence-electron chi connectivity index (χ4n) is 2.77. The molecule has 0 unspecified atom stereocenters. The molecule has 0 fully saturated rings. The summed E-state index contributed by atoms with van der Waals surface area (Å²) in [5.74, 6) is 0.704. The van der Waals surface area contributed by atoms with Crippen LogP contribution in [-0.4, -0.2) is 21.3 Å². The van der Waals surface area contributed by atoms with Gasteiger partial charge in [-0.25, -0.2) is 13.1 Å². The highest BCUT2D eigenvalue weighted by molar-refractivity contribution is 7.89. The molecule has 0 aromatic heterocycles. The van der Waals surface area contributed by atoms with Crippen molar-refractivity contribution in [2.45, 2.75) is 39.1 Å². The van der Waals surface area contributed by atoms with E-state index in [1.165, 1.54) is 0 Å². The molecule has 0 radical (unpaired) electrons. The molecule has 25 heavy (non-hydrogen) atoms. The SMILES string of the molecule is CCOc1cc(C)c(S(=O)(=O)NCc2cccc(C=O)c2)c(C)c1C. The second kappa shape index (κ2) is 7.80. The van der Waals surface area contributed by atoms with E-state index >= 15 is 0 Å². The van der Waals surface area contributed by atoms with E-state index in [2.05, 4.69) is 4.72 Å². The number of hydrogen-bond donors (Lipinski definition) is 1. The normalized spacial score (nSPS) is 11.4. The van der Waals surface area contributed by atoms with Gasteiger partial charge in [0.1, 0.15) is 12.0 Å². The largest absolute Gasteiger partial charge is 0.494 e. The van der Waals surface area contributed by atoms with Gasteiger partial charge in [-0.2, -0.15) is 0 Å². The Bertz CT molecular complexity index is 889. The van der Waals surface area contributed by atoms with Crippen LogP contribution in [0.15, 0.2) is 35.2 Å². The quantitative estimate of drug-likeness (QED) is 0.768. The first kappa shape index (κ1) is 19.1. The number of carbonyl (C=O) groups is 1. The number of aldehydes is 1. The number of benzene rings is 2. The van der Waals surface area contributed by atoms with Crippen LogP contribution in [0.25, 0.3) is 0 Å². The van der Waals surface area contributed by atoms with Crippen LogP contribution in [0.4, 0.5) is 0 Å². The molecule has 0 amide bonds. The van der Waals surface area contributed by atoms with Crippen molar-refractivity contribution in [3.8, 4) is 5.75 Å². The van der Waals surface area contributed by atoms with E-state index in [4.69, 9.17) is 4.74 Å². The third kappa shape index (κ3) is 4.27. The molecule has 0 aliphatic heterocycles. The van der Waals surface area contributed by atoms with Crippen LogP contribution in [0.5, 0.6) is 5.75 Å². The van der Waals surface area contributed by atoms with Crippen LogP contribution in [0, 0.1) is 20.8 Å². The molecule has 5 nitrogen and oxygen atoms in total. The van der Waals surface area contributed by atoms with Gasteiger partial charge in [0.05, 0.1) is 11.5 Å². The lowest BCUT2D eigenvalue weighted by molar-refractivity contribution is 0.112. The van der Waals surface area contributed by atoms with E-state index in [0.717, 1.165) is 17.4 Å². The van der Waals surface area contributed by atoms with Crippen LogP contribution in [0.3, 0.4) is 0 Å². The van der Waals surface area contributed by atoms with Crippen molar-refractivity contribution in [3.63, 3.8) is 0 Å². The van der Waals surface area contributed by atoms with Gasteiger partial charge >= 0.3 is 0 Å². The van der Waals surface area contributed by atoms with Crippen molar-refractivity contribution in [3.05, 3.63) is 58.1 Å². The smallest absolute Gasteiger partial charge is 0.241 e. The maximum absolute atomic E-state index is 12.8. The summed E-state index contributed by atoms with van der Waals surface area (Å²) in [5.41, 5.74) is 3.38. The summed E-state index contributed by atoms with van der Waals surface area (Å²) in [5, 5.41) is 0. The number of carbonyl (C=O) groups excluding carboxylic acids is 1. The van der Waals surface area contributed by atoms with Crippen LogP contribution in [0.1, 0.15) is 39.5 Å². The summed E-state index contributed by atoms with van der Waals surface area (Å²) >= 11 is 0. The van der Waals surface area contributed by atoms with Crippen molar-refractivity contribution in [1.29, 1.82) is 0 Å². The predicted molar refractivity (Wildman–Crippen MR) is 97.7 cm³/mol. The third-order valence-corrected chi connectivity index (χ3v) is 5.79. The first-order valence-electron chi connectivity index (χ1n) is 8.07. The molecule has 0 atom stereocenters. The highest BCUT2D eigenvalue weighted by Gasteiger charge is 2.22. The Morgan fingerprint density at radius 1 is 1.12 bits per heavy atom. The molecule has 1 N–H and O–H groups in total. The minimum absolute atomic E-state index is 0.120. The van der Waals surface area contributed by atoms with E-state index in [-0.39, 0.29) is 11.4 Å². The summed E-state index contributed by atoms with van der Waals surface area (Å²) in [4.78, 5) is 11.1. The number of ether oxygens (including phenoxy) is 1. The van der Waals surface area contributed by atoms with E-state index < -0.39 is 10.0 Å². The van der Waals surface area contributed by atoms with Gasteiger partial charge < -0.3 is 4.74 Å². The van der Waals surface area contributed by atoms with E-state index in [1.807, 2.05) is 13.8 Å². The Kier molecular flexibility index (Phi) is 5.98. The van der Waals surface area contributed by atoms with E-state index in [0.29, 0.717) is 29.0 Å². The lowest BCUT2D eigenvalue weighted by Gasteiger charge is -2.17. The van der Waals surface area contributed by atoms with Gasteiger partial charge in [-0.15, -0.1) is 0 Å². The Labute approximate surface area is 149 Å². The zero-order valence-corrected chi connectivity index (χ0v) is 15.7. The monoisotopic (exact) mass is 361 g/mol. The molecular formula is C19H23NO4S. The molecule has 134 valence electrons. The Balaban J connectivity index is 2.33. The van der Waals surface area contributed by atoms with Gasteiger partial charge in [-0.1, -0.05) is 18.2 Å². The Morgan fingerprint density at radius 2 is 1.84 bits per heavy atom. The molecule has 0 bridgehead atoms. The molecule has 0 spiro atoms. The minimum atomic E-state index is -3.69. The third-order valence-electron chi connectivity index (χ3n) is 4.10. The zero-order valence-electron chi connectivity index (χ0n) is 14.9. The summed E-state index contributed by atoms with van der Waals surface area (Å²) in [6.45, 7) is 7.94. The highest BCUT2D eigenvalue weighted by atomic mass is 32.2. The van der Waals surface area contributed by atoms with Crippen LogP contribution in [0.2, 0.25) is 0 Å². The number of nitrogens with one attached hydrogen (secondary N) is 1. The van der Waals surface area contributed by atoms with Gasteiger partial charge in [0, 0.05) is 12.1 Å². The van der Waals surface area contributed by atoms with Crippen LogP contribution < -0.4 is 9.46 Å². The van der Waals surface area contributed by atoms with Crippen LogP contribution >= 0.6 is 0 Å². The van der Waals surface area contributed by atoms with Gasteiger partial charge in [0.25, 0.3) is 0 Å². The molecule has 6 heteroatoms. The van der Waals surface area contributed by atoms with Crippen LogP contribution in [-0.2, 0) is 16.6 Å². The molecular weight excluding hydrogens is 338 g/mol. The molecule has 0 saturated carbocycles. The van der Waals surface area contributed by atoms with Gasteiger partial charge in [-0.3, -0.25) is 4.79 Å². The van der Waals surface area contributed by atoms with Crippen molar-refractivity contribution >= 4 is 16.3 Å².